The molecule has 1 aliphatic heterocycles. The largest absolute Gasteiger partial charge is 0.342 e. The first-order chi connectivity index (χ1) is 9.41. The van der Waals surface area contributed by atoms with Crippen LogP contribution in [0.4, 0.5) is 13.2 Å². The van der Waals surface area contributed by atoms with E-state index < -0.39 is 11.7 Å². The van der Waals surface area contributed by atoms with Crippen LogP contribution in [0.3, 0.4) is 0 Å². The van der Waals surface area contributed by atoms with Gasteiger partial charge in [-0.2, -0.15) is 0 Å². The molecule has 0 N–H and O–H groups in total. The molecule has 0 unspecified atom stereocenters. The van der Waals surface area contributed by atoms with Gasteiger partial charge in [-0.3, -0.25) is 4.79 Å². The van der Waals surface area contributed by atoms with Crippen LogP contribution < -0.4 is 0 Å². The van der Waals surface area contributed by atoms with E-state index >= 15 is 0 Å². The summed E-state index contributed by atoms with van der Waals surface area (Å²) in [4.78, 5) is 13.4. The van der Waals surface area contributed by atoms with Crippen LogP contribution >= 0.6 is 0 Å². The lowest BCUT2D eigenvalue weighted by molar-refractivity contribution is -0.136. The number of benzene rings is 1. The minimum Gasteiger partial charge on any atom is -0.342 e. The van der Waals surface area contributed by atoms with Crippen molar-refractivity contribution in [2.75, 3.05) is 13.1 Å². The Morgan fingerprint density at radius 2 is 2.00 bits per heavy atom. The average molecular weight is 283 g/mol. The summed E-state index contributed by atoms with van der Waals surface area (Å²) < 4.78 is 39.7. The second-order valence-electron chi connectivity index (χ2n) is 4.97. The third-order valence-electron chi connectivity index (χ3n) is 3.49. The molecule has 0 spiro atoms. The number of amides is 1. The van der Waals surface area contributed by atoms with E-state index in [1.165, 1.54) is 11.0 Å². The molecule has 1 fully saturated rings. The number of halogens is 3. The van der Waals surface area contributed by atoms with Crippen molar-refractivity contribution >= 4 is 12.0 Å². The Morgan fingerprint density at radius 1 is 1.35 bits per heavy atom. The van der Waals surface area contributed by atoms with Crippen molar-refractivity contribution < 1.29 is 18.0 Å². The number of carbonyl (C=O) groups excluding carboxylic acids is 1. The molecule has 1 amide bonds. The molecule has 1 aromatic carbocycles. The van der Waals surface area contributed by atoms with Gasteiger partial charge in [0.1, 0.15) is 5.82 Å². The van der Waals surface area contributed by atoms with E-state index in [2.05, 4.69) is 6.58 Å². The van der Waals surface area contributed by atoms with E-state index in [9.17, 15) is 18.0 Å². The van der Waals surface area contributed by atoms with Gasteiger partial charge in [-0.15, -0.1) is 0 Å². The summed E-state index contributed by atoms with van der Waals surface area (Å²) in [7, 11) is 0. The van der Waals surface area contributed by atoms with E-state index in [0.717, 1.165) is 5.56 Å². The number of nitrogens with zero attached hydrogens (tertiary/aromatic N) is 1. The fourth-order valence-electron chi connectivity index (χ4n) is 2.22. The second kappa shape index (κ2) is 5.69. The number of hydrogen-bond acceptors (Lipinski definition) is 1. The summed E-state index contributed by atoms with van der Waals surface area (Å²) in [5.41, 5.74) is 0.990. The molecule has 2 rings (SSSR count). The Bertz CT molecular complexity index is 518. The average Bonchev–Trinajstić information content (AvgIpc) is 2.41. The molecule has 0 saturated carbocycles. The minimum absolute atomic E-state index is 0.0224. The molecule has 0 atom stereocenters. The molecule has 0 aromatic heterocycles. The maximum Gasteiger partial charge on any atom is 0.251 e. The Morgan fingerprint density at radius 3 is 2.60 bits per heavy atom. The molecule has 1 saturated heterocycles. The normalized spacial score (nSPS) is 17.9. The Balaban J connectivity index is 2.03. The highest BCUT2D eigenvalue weighted by Crippen LogP contribution is 2.28. The van der Waals surface area contributed by atoms with Gasteiger partial charge >= 0.3 is 0 Å². The van der Waals surface area contributed by atoms with Gasteiger partial charge in [-0.05, 0) is 23.3 Å². The SMILES string of the molecule is C=Cc1ccc(F)c(CC(=O)N2CCC(F)(F)CC2)c1. The highest BCUT2D eigenvalue weighted by atomic mass is 19.3. The lowest BCUT2D eigenvalue weighted by atomic mass is 10.0. The van der Waals surface area contributed by atoms with Crippen LogP contribution in [0.25, 0.3) is 6.08 Å². The maximum absolute atomic E-state index is 13.6. The van der Waals surface area contributed by atoms with Crippen LogP contribution in [-0.2, 0) is 11.2 Å². The monoisotopic (exact) mass is 283 g/mol. The minimum atomic E-state index is -2.69. The third kappa shape index (κ3) is 3.40. The molecular weight excluding hydrogens is 267 g/mol. The smallest absolute Gasteiger partial charge is 0.251 e. The van der Waals surface area contributed by atoms with Crippen molar-refractivity contribution in [1.82, 2.24) is 4.90 Å². The quantitative estimate of drug-likeness (QED) is 0.833. The van der Waals surface area contributed by atoms with Gasteiger partial charge in [0, 0.05) is 25.9 Å². The molecule has 0 aliphatic carbocycles. The number of likely N-dealkylation sites (tertiary alicyclic amines) is 1. The standard InChI is InChI=1S/C15H16F3NO/c1-2-11-3-4-13(16)12(9-11)10-14(20)19-7-5-15(17,18)6-8-19/h2-4,9H,1,5-8,10H2. The van der Waals surface area contributed by atoms with Crippen molar-refractivity contribution in [1.29, 1.82) is 0 Å². The van der Waals surface area contributed by atoms with Crippen molar-refractivity contribution in [3.05, 3.63) is 41.7 Å². The van der Waals surface area contributed by atoms with Crippen LogP contribution in [0.5, 0.6) is 0 Å². The molecule has 20 heavy (non-hydrogen) atoms. The Hall–Kier alpha value is -1.78. The van der Waals surface area contributed by atoms with Gasteiger partial charge in [-0.1, -0.05) is 18.7 Å². The summed E-state index contributed by atoms with van der Waals surface area (Å²) >= 11 is 0. The molecule has 1 aliphatic rings. The zero-order chi connectivity index (χ0) is 14.8. The molecule has 5 heteroatoms. The molecule has 2 nitrogen and oxygen atoms in total. The van der Waals surface area contributed by atoms with Gasteiger partial charge in [0.15, 0.2) is 0 Å². The number of rotatable bonds is 3. The Kier molecular flexibility index (Phi) is 4.16. The van der Waals surface area contributed by atoms with Crippen molar-refractivity contribution in [3.63, 3.8) is 0 Å². The fourth-order valence-corrected chi connectivity index (χ4v) is 2.22. The zero-order valence-electron chi connectivity index (χ0n) is 11.0. The van der Waals surface area contributed by atoms with Gasteiger partial charge in [0.05, 0.1) is 6.42 Å². The van der Waals surface area contributed by atoms with E-state index in [0.29, 0.717) is 0 Å². The van der Waals surface area contributed by atoms with Crippen molar-refractivity contribution in [3.8, 4) is 0 Å². The topological polar surface area (TPSA) is 20.3 Å². The molecule has 1 heterocycles. The first-order valence-electron chi connectivity index (χ1n) is 6.48. The Labute approximate surface area is 115 Å². The van der Waals surface area contributed by atoms with E-state index in [4.69, 9.17) is 0 Å². The van der Waals surface area contributed by atoms with Crippen LogP contribution in [0, 0.1) is 5.82 Å². The lowest BCUT2D eigenvalue weighted by Crippen LogP contribution is -2.43. The third-order valence-corrected chi connectivity index (χ3v) is 3.49. The number of hydrogen-bond donors (Lipinski definition) is 0. The van der Waals surface area contributed by atoms with Crippen LogP contribution in [0.15, 0.2) is 24.8 Å². The summed E-state index contributed by atoms with van der Waals surface area (Å²) in [6, 6.07) is 4.40. The molecule has 108 valence electrons. The van der Waals surface area contributed by atoms with Crippen LogP contribution in [0.2, 0.25) is 0 Å². The zero-order valence-corrected chi connectivity index (χ0v) is 11.0. The predicted octanol–water partition coefficient (Wildman–Crippen LogP) is 3.27. The van der Waals surface area contributed by atoms with Gasteiger partial charge in [0.25, 0.3) is 5.92 Å². The van der Waals surface area contributed by atoms with E-state index in [1.54, 1.807) is 18.2 Å². The summed E-state index contributed by atoms with van der Waals surface area (Å²) in [5, 5.41) is 0. The van der Waals surface area contributed by atoms with E-state index in [1.807, 2.05) is 0 Å². The van der Waals surface area contributed by atoms with Crippen molar-refractivity contribution in [2.45, 2.75) is 25.2 Å². The lowest BCUT2D eigenvalue weighted by Gasteiger charge is -2.31. The highest BCUT2D eigenvalue weighted by Gasteiger charge is 2.35. The highest BCUT2D eigenvalue weighted by molar-refractivity contribution is 5.79. The summed E-state index contributed by atoms with van der Waals surface area (Å²) in [6.45, 7) is 3.63. The number of alkyl halides is 2. The maximum atomic E-state index is 13.6. The summed E-state index contributed by atoms with van der Waals surface area (Å²) in [5.74, 6) is -3.47. The molecule has 0 radical (unpaired) electrons. The fraction of sp³-hybridized carbons (Fsp3) is 0.400. The van der Waals surface area contributed by atoms with Gasteiger partial charge < -0.3 is 4.90 Å². The predicted molar refractivity (Wildman–Crippen MR) is 71.0 cm³/mol. The molecule has 1 aromatic rings. The second-order valence-corrected chi connectivity index (χ2v) is 4.97. The molecular formula is C15H16F3NO. The van der Waals surface area contributed by atoms with E-state index in [-0.39, 0.29) is 43.8 Å². The van der Waals surface area contributed by atoms with Crippen molar-refractivity contribution in [2.24, 2.45) is 0 Å². The first kappa shape index (κ1) is 14.6. The molecule has 0 bridgehead atoms. The number of piperidine rings is 1. The van der Waals surface area contributed by atoms with Gasteiger partial charge in [-0.25, -0.2) is 13.2 Å². The van der Waals surface area contributed by atoms with Gasteiger partial charge in [0.2, 0.25) is 5.91 Å². The van der Waals surface area contributed by atoms with Crippen LogP contribution in [0.1, 0.15) is 24.0 Å². The summed E-state index contributed by atoms with van der Waals surface area (Å²) in [6.07, 6.45) is 0.801. The van der Waals surface area contributed by atoms with Crippen LogP contribution in [-0.4, -0.2) is 29.8 Å². The first-order valence-corrected chi connectivity index (χ1v) is 6.48. The number of carbonyl (C=O) groups is 1.